The molecule has 0 bridgehead atoms. The van der Waals surface area contributed by atoms with Gasteiger partial charge in [-0.05, 0) is 61.2 Å². The molecule has 1 aromatic carbocycles. The first-order chi connectivity index (χ1) is 9.47. The fourth-order valence-electron chi connectivity index (χ4n) is 1.87. The molecule has 108 valence electrons. The molecule has 0 aliphatic heterocycles. The Kier molecular flexibility index (Phi) is 5.23. The second-order valence-electron chi connectivity index (χ2n) is 4.83. The molecule has 1 aromatic heterocycles. The minimum atomic E-state index is -0.178. The molecular formula is C14H16Br2N2O2. The standard InChI is InChI=1S/C14H16Br2N2O2/c1-18(2)5-3-4-17-14(19)12-7-9-6-10(15)8-11(16)13(9)20-12/h6-8H,3-5H2,1-2H3,(H,17,19). The average Bonchev–Trinajstić information content (AvgIpc) is 2.78. The SMILES string of the molecule is CN(C)CCCNC(=O)c1cc2cc(Br)cc(Br)c2o1. The second-order valence-corrected chi connectivity index (χ2v) is 6.60. The highest BCUT2D eigenvalue weighted by Gasteiger charge is 2.14. The maximum atomic E-state index is 12.0. The molecule has 4 nitrogen and oxygen atoms in total. The minimum absolute atomic E-state index is 0.178. The van der Waals surface area contributed by atoms with Crippen molar-refractivity contribution < 1.29 is 9.21 Å². The summed E-state index contributed by atoms with van der Waals surface area (Å²) in [4.78, 5) is 14.1. The van der Waals surface area contributed by atoms with E-state index in [0.717, 1.165) is 27.3 Å². The van der Waals surface area contributed by atoms with Gasteiger partial charge in [-0.25, -0.2) is 0 Å². The highest BCUT2D eigenvalue weighted by molar-refractivity contribution is 9.11. The molecule has 0 fully saturated rings. The Labute approximate surface area is 134 Å². The van der Waals surface area contributed by atoms with E-state index in [1.165, 1.54) is 0 Å². The summed E-state index contributed by atoms with van der Waals surface area (Å²) in [7, 11) is 4.02. The summed E-state index contributed by atoms with van der Waals surface area (Å²) in [5.74, 6) is 0.159. The molecule has 0 saturated heterocycles. The molecule has 0 spiro atoms. The van der Waals surface area contributed by atoms with Crippen LogP contribution in [0.5, 0.6) is 0 Å². The predicted molar refractivity (Wildman–Crippen MR) is 87.1 cm³/mol. The number of hydrogen-bond acceptors (Lipinski definition) is 3. The van der Waals surface area contributed by atoms with E-state index >= 15 is 0 Å². The monoisotopic (exact) mass is 402 g/mol. The van der Waals surface area contributed by atoms with Crippen LogP contribution >= 0.6 is 31.9 Å². The van der Waals surface area contributed by atoms with Gasteiger partial charge in [-0.3, -0.25) is 4.79 Å². The molecule has 0 aliphatic rings. The molecule has 1 amide bonds. The Morgan fingerprint density at radius 3 is 2.75 bits per heavy atom. The Hall–Kier alpha value is -0.850. The van der Waals surface area contributed by atoms with Gasteiger partial charge < -0.3 is 14.6 Å². The van der Waals surface area contributed by atoms with Crippen LogP contribution in [0.25, 0.3) is 11.0 Å². The van der Waals surface area contributed by atoms with Gasteiger partial charge in [0.25, 0.3) is 5.91 Å². The second kappa shape index (κ2) is 6.74. The Morgan fingerprint density at radius 1 is 1.30 bits per heavy atom. The van der Waals surface area contributed by atoms with E-state index < -0.39 is 0 Å². The lowest BCUT2D eigenvalue weighted by Gasteiger charge is -2.08. The Bertz CT molecular complexity index is 623. The molecule has 1 heterocycles. The molecule has 0 atom stereocenters. The first-order valence-electron chi connectivity index (χ1n) is 6.29. The molecule has 2 aromatic rings. The van der Waals surface area contributed by atoms with E-state index in [4.69, 9.17) is 4.42 Å². The minimum Gasteiger partial charge on any atom is -0.450 e. The summed E-state index contributed by atoms with van der Waals surface area (Å²) in [6.07, 6.45) is 0.911. The van der Waals surface area contributed by atoms with Gasteiger partial charge in [-0.1, -0.05) is 15.9 Å². The van der Waals surface area contributed by atoms with Crippen LogP contribution in [-0.2, 0) is 0 Å². The molecule has 0 aliphatic carbocycles. The van der Waals surface area contributed by atoms with Crippen molar-refractivity contribution in [2.45, 2.75) is 6.42 Å². The van der Waals surface area contributed by atoms with Gasteiger partial charge in [0.2, 0.25) is 0 Å². The highest BCUT2D eigenvalue weighted by atomic mass is 79.9. The van der Waals surface area contributed by atoms with Gasteiger partial charge in [-0.15, -0.1) is 0 Å². The number of rotatable bonds is 5. The number of fused-ring (bicyclic) bond motifs is 1. The van der Waals surface area contributed by atoms with Crippen molar-refractivity contribution in [1.82, 2.24) is 10.2 Å². The van der Waals surface area contributed by atoms with Gasteiger partial charge in [0, 0.05) is 16.4 Å². The molecule has 6 heteroatoms. The quantitative estimate of drug-likeness (QED) is 0.775. The molecule has 20 heavy (non-hydrogen) atoms. The lowest BCUT2D eigenvalue weighted by Crippen LogP contribution is -2.26. The number of furan rings is 1. The van der Waals surface area contributed by atoms with E-state index in [1.54, 1.807) is 6.07 Å². The molecule has 0 saturated carbocycles. The van der Waals surface area contributed by atoms with Crippen molar-refractivity contribution in [2.75, 3.05) is 27.2 Å². The Balaban J connectivity index is 2.05. The van der Waals surface area contributed by atoms with Crippen molar-refractivity contribution in [1.29, 1.82) is 0 Å². The van der Waals surface area contributed by atoms with Crippen LogP contribution in [0.4, 0.5) is 0 Å². The summed E-state index contributed by atoms with van der Waals surface area (Å²) in [6.45, 7) is 1.58. The number of amides is 1. The molecule has 2 rings (SSSR count). The largest absolute Gasteiger partial charge is 0.450 e. The maximum absolute atomic E-state index is 12.0. The van der Waals surface area contributed by atoms with Gasteiger partial charge in [0.05, 0.1) is 4.47 Å². The highest BCUT2D eigenvalue weighted by Crippen LogP contribution is 2.30. The summed E-state index contributed by atoms with van der Waals surface area (Å²) >= 11 is 6.85. The zero-order valence-electron chi connectivity index (χ0n) is 11.4. The number of carbonyl (C=O) groups excluding carboxylic acids is 1. The third kappa shape index (κ3) is 3.84. The van der Waals surface area contributed by atoms with E-state index in [1.807, 2.05) is 26.2 Å². The van der Waals surface area contributed by atoms with Gasteiger partial charge in [0.1, 0.15) is 5.58 Å². The number of hydrogen-bond donors (Lipinski definition) is 1. The third-order valence-electron chi connectivity index (χ3n) is 2.83. The predicted octanol–water partition coefficient (Wildman–Crippen LogP) is 3.64. The maximum Gasteiger partial charge on any atom is 0.287 e. The molecular weight excluding hydrogens is 388 g/mol. The normalized spacial score (nSPS) is 11.2. The van der Waals surface area contributed by atoms with Crippen LogP contribution in [0.3, 0.4) is 0 Å². The van der Waals surface area contributed by atoms with Crippen molar-refractivity contribution in [3.8, 4) is 0 Å². The van der Waals surface area contributed by atoms with E-state index in [-0.39, 0.29) is 5.91 Å². The molecule has 0 unspecified atom stereocenters. The van der Waals surface area contributed by atoms with Crippen molar-refractivity contribution >= 4 is 48.7 Å². The fraction of sp³-hybridized carbons (Fsp3) is 0.357. The van der Waals surface area contributed by atoms with Crippen LogP contribution in [-0.4, -0.2) is 38.0 Å². The number of nitrogens with one attached hydrogen (secondary N) is 1. The first-order valence-corrected chi connectivity index (χ1v) is 7.87. The third-order valence-corrected chi connectivity index (χ3v) is 3.87. The van der Waals surface area contributed by atoms with Crippen LogP contribution in [0.1, 0.15) is 17.0 Å². The summed E-state index contributed by atoms with van der Waals surface area (Å²) in [5.41, 5.74) is 0.687. The number of carbonyl (C=O) groups is 1. The summed E-state index contributed by atoms with van der Waals surface area (Å²) in [6, 6.07) is 5.57. The summed E-state index contributed by atoms with van der Waals surface area (Å²) < 4.78 is 7.37. The Morgan fingerprint density at radius 2 is 2.05 bits per heavy atom. The van der Waals surface area contributed by atoms with Crippen LogP contribution < -0.4 is 5.32 Å². The van der Waals surface area contributed by atoms with E-state index in [0.29, 0.717) is 17.9 Å². The van der Waals surface area contributed by atoms with E-state index in [9.17, 15) is 4.79 Å². The van der Waals surface area contributed by atoms with Crippen LogP contribution in [0.2, 0.25) is 0 Å². The summed E-state index contributed by atoms with van der Waals surface area (Å²) in [5, 5.41) is 3.76. The van der Waals surface area contributed by atoms with Crippen molar-refractivity contribution in [3.63, 3.8) is 0 Å². The smallest absolute Gasteiger partial charge is 0.287 e. The number of nitrogens with zero attached hydrogens (tertiary/aromatic N) is 1. The van der Waals surface area contributed by atoms with Crippen LogP contribution in [0, 0.1) is 0 Å². The topological polar surface area (TPSA) is 45.5 Å². The average molecular weight is 404 g/mol. The zero-order valence-corrected chi connectivity index (χ0v) is 14.5. The van der Waals surface area contributed by atoms with E-state index in [2.05, 4.69) is 42.1 Å². The van der Waals surface area contributed by atoms with Crippen LogP contribution in [0.15, 0.2) is 31.6 Å². The lowest BCUT2D eigenvalue weighted by molar-refractivity contribution is 0.0927. The van der Waals surface area contributed by atoms with Gasteiger partial charge >= 0.3 is 0 Å². The van der Waals surface area contributed by atoms with Gasteiger partial charge in [-0.2, -0.15) is 0 Å². The molecule has 0 radical (unpaired) electrons. The van der Waals surface area contributed by atoms with Gasteiger partial charge in [0.15, 0.2) is 5.76 Å². The lowest BCUT2D eigenvalue weighted by atomic mass is 10.2. The zero-order chi connectivity index (χ0) is 14.7. The van der Waals surface area contributed by atoms with Crippen molar-refractivity contribution in [3.05, 3.63) is 32.9 Å². The fourth-order valence-corrected chi connectivity index (χ4v) is 3.21. The number of benzene rings is 1. The molecule has 1 N–H and O–H groups in total. The first kappa shape index (κ1) is 15.5. The number of halogens is 2. The van der Waals surface area contributed by atoms with Crippen molar-refractivity contribution in [2.24, 2.45) is 0 Å².